The van der Waals surface area contributed by atoms with E-state index in [1.54, 1.807) is 0 Å². The average Bonchev–Trinajstić information content (AvgIpc) is 1.86. The summed E-state index contributed by atoms with van der Waals surface area (Å²) in [5.41, 5.74) is 5.88. The predicted octanol–water partition coefficient (Wildman–Crippen LogP) is 0.402. The Labute approximate surface area is 68.5 Å². The van der Waals surface area contributed by atoms with Crippen molar-refractivity contribution in [3.8, 4) is 0 Å². The molecule has 0 aromatic heterocycles. The van der Waals surface area contributed by atoms with Gasteiger partial charge in [0.2, 0.25) is 0 Å². The fraction of sp³-hybridized carbons (Fsp3) is 1.00. The van der Waals surface area contributed by atoms with Gasteiger partial charge in [-0.2, -0.15) is 0 Å². The van der Waals surface area contributed by atoms with Crippen LogP contribution in [0.25, 0.3) is 0 Å². The zero-order chi connectivity index (χ0) is 8.48. The van der Waals surface area contributed by atoms with E-state index >= 15 is 0 Å². The van der Waals surface area contributed by atoms with Gasteiger partial charge < -0.3 is 10.5 Å². The third-order valence-corrected chi connectivity index (χ3v) is 2.04. The van der Waals surface area contributed by atoms with Crippen LogP contribution in [-0.2, 0) is 4.74 Å². The Kier molecular flexibility index (Phi) is 2.52. The van der Waals surface area contributed by atoms with Crippen LogP contribution >= 0.6 is 0 Å². The highest BCUT2D eigenvalue weighted by Gasteiger charge is 2.26. The van der Waals surface area contributed by atoms with Crippen molar-refractivity contribution in [2.45, 2.75) is 32.5 Å². The van der Waals surface area contributed by atoms with Crippen molar-refractivity contribution in [3.63, 3.8) is 0 Å². The van der Waals surface area contributed by atoms with Crippen LogP contribution in [0.15, 0.2) is 0 Å². The van der Waals surface area contributed by atoms with E-state index in [4.69, 9.17) is 10.5 Å². The second-order valence-corrected chi connectivity index (χ2v) is 4.03. The maximum absolute atomic E-state index is 5.66. The summed E-state index contributed by atoms with van der Waals surface area (Å²) < 4.78 is 5.24. The standard InChI is InChI=1S/C8H18N2O/c1-8(2,3)10-4-5-11-7(9)6-10/h7H,4-6,9H2,1-3H3. The molecule has 1 aliphatic heterocycles. The summed E-state index contributed by atoms with van der Waals surface area (Å²) in [6.07, 6.45) is -0.0945. The maximum atomic E-state index is 5.66. The van der Waals surface area contributed by atoms with E-state index in [-0.39, 0.29) is 11.8 Å². The molecule has 1 unspecified atom stereocenters. The number of hydrogen-bond acceptors (Lipinski definition) is 3. The molecule has 1 aliphatic rings. The molecular formula is C8H18N2O. The second-order valence-electron chi connectivity index (χ2n) is 4.03. The lowest BCUT2D eigenvalue weighted by atomic mass is 10.1. The van der Waals surface area contributed by atoms with E-state index in [2.05, 4.69) is 25.7 Å². The van der Waals surface area contributed by atoms with Crippen molar-refractivity contribution in [2.75, 3.05) is 19.7 Å². The maximum Gasteiger partial charge on any atom is 0.118 e. The molecule has 0 bridgehead atoms. The molecule has 3 heteroatoms. The number of hydrogen-bond donors (Lipinski definition) is 1. The van der Waals surface area contributed by atoms with Gasteiger partial charge in [0.1, 0.15) is 6.23 Å². The van der Waals surface area contributed by atoms with Gasteiger partial charge in [0.15, 0.2) is 0 Å². The summed E-state index contributed by atoms with van der Waals surface area (Å²) in [4.78, 5) is 2.35. The van der Waals surface area contributed by atoms with Gasteiger partial charge in [-0.15, -0.1) is 0 Å². The summed E-state index contributed by atoms with van der Waals surface area (Å²) in [6, 6.07) is 0. The third kappa shape index (κ3) is 2.43. The molecule has 0 aromatic carbocycles. The second kappa shape index (κ2) is 3.09. The first-order valence-electron chi connectivity index (χ1n) is 4.12. The van der Waals surface area contributed by atoms with E-state index < -0.39 is 0 Å². The Bertz CT molecular complexity index is 131. The van der Waals surface area contributed by atoms with Gasteiger partial charge in [-0.3, -0.25) is 4.90 Å². The minimum Gasteiger partial charge on any atom is -0.361 e. The van der Waals surface area contributed by atoms with Gasteiger partial charge in [0, 0.05) is 18.6 Å². The lowest BCUT2D eigenvalue weighted by Crippen LogP contribution is -2.53. The Morgan fingerprint density at radius 2 is 2.09 bits per heavy atom. The fourth-order valence-electron chi connectivity index (χ4n) is 1.28. The predicted molar refractivity (Wildman–Crippen MR) is 45.3 cm³/mol. The summed E-state index contributed by atoms with van der Waals surface area (Å²) in [5, 5.41) is 0. The van der Waals surface area contributed by atoms with E-state index in [1.165, 1.54) is 0 Å². The van der Waals surface area contributed by atoms with Crippen molar-refractivity contribution in [1.82, 2.24) is 4.90 Å². The summed E-state index contributed by atoms with van der Waals surface area (Å²) in [6.45, 7) is 9.21. The minimum absolute atomic E-state index is 0.0945. The van der Waals surface area contributed by atoms with Gasteiger partial charge in [-0.25, -0.2) is 0 Å². The van der Waals surface area contributed by atoms with E-state index in [1.807, 2.05) is 0 Å². The molecule has 1 heterocycles. The zero-order valence-corrected chi connectivity index (χ0v) is 7.63. The first kappa shape index (κ1) is 8.97. The minimum atomic E-state index is -0.0945. The highest BCUT2D eigenvalue weighted by molar-refractivity contribution is 4.79. The number of rotatable bonds is 0. The summed E-state index contributed by atoms with van der Waals surface area (Å²) in [5.74, 6) is 0. The van der Waals surface area contributed by atoms with Crippen molar-refractivity contribution >= 4 is 0 Å². The Hall–Kier alpha value is -0.120. The van der Waals surface area contributed by atoms with Crippen molar-refractivity contribution in [3.05, 3.63) is 0 Å². The van der Waals surface area contributed by atoms with Crippen LogP contribution in [-0.4, -0.2) is 36.4 Å². The van der Waals surface area contributed by atoms with Crippen LogP contribution in [0, 0.1) is 0 Å². The summed E-state index contributed by atoms with van der Waals surface area (Å²) in [7, 11) is 0. The fourth-order valence-corrected chi connectivity index (χ4v) is 1.28. The van der Waals surface area contributed by atoms with Crippen LogP contribution < -0.4 is 5.73 Å². The highest BCUT2D eigenvalue weighted by Crippen LogP contribution is 2.15. The average molecular weight is 158 g/mol. The van der Waals surface area contributed by atoms with Crippen molar-refractivity contribution in [2.24, 2.45) is 5.73 Å². The first-order chi connectivity index (χ1) is 5.00. The van der Waals surface area contributed by atoms with E-state index in [0.717, 1.165) is 19.7 Å². The van der Waals surface area contributed by atoms with Gasteiger partial charge in [-0.1, -0.05) is 0 Å². The molecule has 1 atom stereocenters. The third-order valence-electron chi connectivity index (χ3n) is 2.04. The topological polar surface area (TPSA) is 38.5 Å². The summed E-state index contributed by atoms with van der Waals surface area (Å²) >= 11 is 0. The lowest BCUT2D eigenvalue weighted by Gasteiger charge is -2.40. The molecule has 0 saturated carbocycles. The van der Waals surface area contributed by atoms with Crippen LogP contribution in [0.2, 0.25) is 0 Å². The number of morpholine rings is 1. The van der Waals surface area contributed by atoms with Gasteiger partial charge in [0.05, 0.1) is 6.61 Å². The van der Waals surface area contributed by atoms with Gasteiger partial charge in [-0.05, 0) is 20.8 Å². The van der Waals surface area contributed by atoms with Crippen molar-refractivity contribution < 1.29 is 4.74 Å². The lowest BCUT2D eigenvalue weighted by molar-refractivity contribution is -0.0548. The Balaban J connectivity index is 2.46. The molecule has 66 valence electrons. The van der Waals surface area contributed by atoms with Gasteiger partial charge in [0.25, 0.3) is 0 Å². The van der Waals surface area contributed by atoms with Crippen LogP contribution in [0.1, 0.15) is 20.8 Å². The SMILES string of the molecule is CC(C)(C)N1CCOC(N)C1. The van der Waals surface area contributed by atoms with Crippen LogP contribution in [0.3, 0.4) is 0 Å². The number of nitrogens with zero attached hydrogens (tertiary/aromatic N) is 1. The first-order valence-corrected chi connectivity index (χ1v) is 4.12. The molecule has 11 heavy (non-hydrogen) atoms. The number of ether oxygens (including phenoxy) is 1. The molecule has 0 radical (unpaired) electrons. The molecule has 0 spiro atoms. The normalized spacial score (nSPS) is 28.9. The van der Waals surface area contributed by atoms with Crippen molar-refractivity contribution in [1.29, 1.82) is 0 Å². The molecule has 1 saturated heterocycles. The van der Waals surface area contributed by atoms with Crippen LogP contribution in [0.5, 0.6) is 0 Å². The smallest absolute Gasteiger partial charge is 0.118 e. The van der Waals surface area contributed by atoms with Gasteiger partial charge >= 0.3 is 0 Å². The highest BCUT2D eigenvalue weighted by atomic mass is 16.5. The van der Waals surface area contributed by atoms with E-state index in [9.17, 15) is 0 Å². The Morgan fingerprint density at radius 3 is 2.45 bits per heavy atom. The molecule has 0 aromatic rings. The number of nitrogens with two attached hydrogens (primary N) is 1. The molecule has 0 amide bonds. The monoisotopic (exact) mass is 158 g/mol. The zero-order valence-electron chi connectivity index (χ0n) is 7.63. The molecule has 1 rings (SSSR count). The Morgan fingerprint density at radius 1 is 1.45 bits per heavy atom. The molecule has 3 nitrogen and oxygen atoms in total. The largest absolute Gasteiger partial charge is 0.361 e. The van der Waals surface area contributed by atoms with Crippen LogP contribution in [0.4, 0.5) is 0 Å². The molecule has 2 N–H and O–H groups in total. The molecule has 0 aliphatic carbocycles. The molecular weight excluding hydrogens is 140 g/mol. The molecule has 1 fully saturated rings. The van der Waals surface area contributed by atoms with E-state index in [0.29, 0.717) is 0 Å². The quantitative estimate of drug-likeness (QED) is 0.554.